The van der Waals surface area contributed by atoms with Crippen LogP contribution in [0.5, 0.6) is 11.6 Å². The molecule has 2 atom stereocenters. The highest BCUT2D eigenvalue weighted by Crippen LogP contribution is 2.45. The Bertz CT molecular complexity index is 1790. The van der Waals surface area contributed by atoms with Gasteiger partial charge in [0.25, 0.3) is 6.01 Å². The number of para-hydroxylation sites is 1. The third-order valence-corrected chi connectivity index (χ3v) is 7.79. The van der Waals surface area contributed by atoms with Gasteiger partial charge in [-0.05, 0) is 41.1 Å². The predicted molar refractivity (Wildman–Crippen MR) is 141 cm³/mol. The molecule has 4 aromatic heterocycles. The zero-order valence-electron chi connectivity index (χ0n) is 22.7. The summed E-state index contributed by atoms with van der Waals surface area (Å²) in [7, 11) is 0. The number of ether oxygens (including phenoxy) is 2. The molecule has 1 aromatic carbocycles. The van der Waals surface area contributed by atoms with E-state index < -0.39 is 49.0 Å². The topological polar surface area (TPSA) is 92.3 Å². The van der Waals surface area contributed by atoms with Crippen molar-refractivity contribution in [2.45, 2.75) is 38.5 Å². The van der Waals surface area contributed by atoms with Crippen LogP contribution in [0.4, 0.5) is 22.0 Å². The molecule has 5 aromatic rings. The molecule has 0 spiro atoms. The summed E-state index contributed by atoms with van der Waals surface area (Å²) in [5.74, 6) is -1.15. The van der Waals surface area contributed by atoms with Crippen LogP contribution in [0.3, 0.4) is 0 Å². The second kappa shape index (κ2) is 11.6. The number of aromatic nitrogens is 4. The molecule has 15 heteroatoms. The third-order valence-electron chi connectivity index (χ3n) is 5.62. The summed E-state index contributed by atoms with van der Waals surface area (Å²) in [5.41, 5.74) is -0.873. The van der Waals surface area contributed by atoms with Crippen LogP contribution in [0, 0.1) is 6.01 Å². The molecular weight excluding hydrogens is 639 g/mol. The first-order valence-corrected chi connectivity index (χ1v) is 13.2. The molecule has 0 saturated carbocycles. The van der Waals surface area contributed by atoms with Gasteiger partial charge in [-0.1, -0.05) is 18.2 Å². The normalized spacial score (nSPS) is 14.4. The second-order valence-electron chi connectivity index (χ2n) is 8.49. The number of benzene rings is 1. The molecular formula is C26H18BrF5N4O4S. The Kier molecular flexibility index (Phi) is 7.35. The van der Waals surface area contributed by atoms with Gasteiger partial charge in [-0.3, -0.25) is 9.48 Å². The first-order valence-electron chi connectivity index (χ1n) is 12.6. The van der Waals surface area contributed by atoms with E-state index in [4.69, 9.17) is 16.6 Å². The Hall–Kier alpha value is -3.85. The molecule has 4 heterocycles. The van der Waals surface area contributed by atoms with Gasteiger partial charge in [0.15, 0.2) is 18.1 Å². The number of alkyl halides is 4. The molecule has 0 aliphatic carbocycles. The van der Waals surface area contributed by atoms with Crippen LogP contribution in [-0.4, -0.2) is 37.8 Å². The average Bonchev–Trinajstić information content (AvgIpc) is 3.65. The van der Waals surface area contributed by atoms with Crippen molar-refractivity contribution in [3.63, 3.8) is 0 Å². The number of fused-ring (bicyclic) bond motifs is 1. The van der Waals surface area contributed by atoms with Crippen LogP contribution in [-0.2, 0) is 17.9 Å². The van der Waals surface area contributed by atoms with Gasteiger partial charge in [0.05, 0.1) is 23.2 Å². The van der Waals surface area contributed by atoms with Crippen molar-refractivity contribution in [1.29, 1.82) is 0 Å². The van der Waals surface area contributed by atoms with Gasteiger partial charge in [0.1, 0.15) is 35.8 Å². The van der Waals surface area contributed by atoms with Crippen molar-refractivity contribution in [3.8, 4) is 22.3 Å². The van der Waals surface area contributed by atoms with Crippen LogP contribution in [0.15, 0.2) is 63.9 Å². The van der Waals surface area contributed by atoms with Crippen LogP contribution >= 0.6 is 27.3 Å². The maximum atomic E-state index is 16.2. The monoisotopic (exact) mass is 658 g/mol. The number of hydrogen-bond donors (Lipinski definition) is 0. The lowest BCUT2D eigenvalue weighted by Crippen LogP contribution is -2.31. The summed E-state index contributed by atoms with van der Waals surface area (Å²) in [4.78, 5) is 21.7. The summed E-state index contributed by atoms with van der Waals surface area (Å²) in [6.07, 6.45) is -6.65. The first-order chi connectivity index (χ1) is 20.2. The number of hydrogen-bond acceptors (Lipinski definition) is 8. The van der Waals surface area contributed by atoms with Gasteiger partial charge in [-0.2, -0.15) is 22.7 Å². The van der Waals surface area contributed by atoms with E-state index in [-0.39, 0.29) is 28.3 Å². The number of carbonyl (C=O) groups excluding carboxylic acids is 1. The molecule has 0 amide bonds. The molecule has 0 fully saturated rings. The van der Waals surface area contributed by atoms with E-state index in [1.54, 1.807) is 0 Å². The van der Waals surface area contributed by atoms with E-state index in [1.165, 1.54) is 30.3 Å². The first kappa shape index (κ1) is 26.1. The van der Waals surface area contributed by atoms with Gasteiger partial charge >= 0.3 is 6.18 Å². The Morgan fingerprint density at radius 3 is 2.71 bits per heavy atom. The Labute approximate surface area is 243 Å². The van der Waals surface area contributed by atoms with Crippen molar-refractivity contribution in [3.05, 3.63) is 76.7 Å². The maximum absolute atomic E-state index is 16.2. The van der Waals surface area contributed by atoms with Crippen LogP contribution < -0.4 is 9.47 Å². The van der Waals surface area contributed by atoms with Crippen LogP contribution in [0.2, 0.25) is 0 Å². The van der Waals surface area contributed by atoms with Crippen LogP contribution in [0.25, 0.3) is 20.9 Å². The highest BCUT2D eigenvalue weighted by Gasteiger charge is 2.34. The number of thiophene rings is 1. The van der Waals surface area contributed by atoms with Crippen molar-refractivity contribution >= 4 is 43.3 Å². The molecule has 214 valence electrons. The molecule has 41 heavy (non-hydrogen) atoms. The Morgan fingerprint density at radius 1 is 1.22 bits per heavy atom. The van der Waals surface area contributed by atoms with Gasteiger partial charge in [0, 0.05) is 17.8 Å². The molecule has 0 aliphatic heterocycles. The average molecular weight is 659 g/mol. The fraction of sp³-hybridized carbons (Fsp3) is 0.231. The fourth-order valence-electron chi connectivity index (χ4n) is 3.81. The van der Waals surface area contributed by atoms with E-state index in [9.17, 15) is 22.4 Å². The zero-order valence-corrected chi connectivity index (χ0v) is 23.1. The maximum Gasteiger partial charge on any atom is 0.408 e. The third kappa shape index (κ3) is 6.25. The Morgan fingerprint density at radius 2 is 2.00 bits per heavy atom. The van der Waals surface area contributed by atoms with Gasteiger partial charge in [-0.15, -0.1) is 11.3 Å². The summed E-state index contributed by atoms with van der Waals surface area (Å²) in [6.45, 7) is -3.38. The number of furan rings is 1. The number of halogens is 6. The number of carbonyl (C=O) groups is 1. The van der Waals surface area contributed by atoms with E-state index in [0.29, 0.717) is 18.9 Å². The lowest BCUT2D eigenvalue weighted by Gasteiger charge is -2.22. The summed E-state index contributed by atoms with van der Waals surface area (Å²) in [5, 5.41) is 3.78. The molecule has 0 N–H and O–H groups in total. The minimum Gasteiger partial charge on any atom is -0.487 e. The van der Waals surface area contributed by atoms with Gasteiger partial charge in [-0.25, -0.2) is 14.4 Å². The lowest BCUT2D eigenvalue weighted by atomic mass is 10.0. The SMILES string of the molecule is [2H]C([2H])(Oc1ccccc1[C@@H](F)[C@H](Oc1ncnc2sc(-c3ccc(F)o3)c(Br)c12)C(C)=O)c1ccnn1CC(F)(F)F. The standard InChI is InChI=1S/C26H18BrF5N4O4S/c1-13(37)22(40-24-19-20(27)23(17-6-7-18(28)39-17)41-25(19)34-12-33-24)21(29)15-4-2-3-5-16(15)38-10-14-8-9-35-36(14)11-26(30,31)32/h2-9,12,21-22H,10-11H2,1H3/t21-,22-/m1/s1/i10D2. The molecule has 0 unspecified atom stereocenters. The minimum absolute atomic E-state index is 0.181. The van der Waals surface area contributed by atoms with E-state index in [0.717, 1.165) is 42.9 Å². The number of rotatable bonds is 10. The Balaban J connectivity index is 1.46. The highest BCUT2D eigenvalue weighted by atomic mass is 79.9. The van der Waals surface area contributed by atoms with Gasteiger partial charge < -0.3 is 13.9 Å². The van der Waals surface area contributed by atoms with Gasteiger partial charge in [0.2, 0.25) is 5.88 Å². The largest absolute Gasteiger partial charge is 0.487 e. The predicted octanol–water partition coefficient (Wildman–Crippen LogP) is 7.24. The second-order valence-corrected chi connectivity index (χ2v) is 10.3. The molecule has 0 bridgehead atoms. The quantitative estimate of drug-likeness (QED) is 0.146. The number of ketones is 1. The fourth-order valence-corrected chi connectivity index (χ4v) is 5.73. The minimum atomic E-state index is -4.69. The number of Topliss-reactive ketones (excluding diaryl/α,β-unsaturated/α-hetero) is 1. The zero-order chi connectivity index (χ0) is 31.1. The van der Waals surface area contributed by atoms with Crippen molar-refractivity contribution in [2.75, 3.05) is 0 Å². The van der Waals surface area contributed by atoms with Crippen LogP contribution in [0.1, 0.15) is 27.1 Å². The summed E-state index contributed by atoms with van der Waals surface area (Å²) in [6, 6.07) is 7.95. The van der Waals surface area contributed by atoms with Crippen molar-refractivity contribution < 1.29 is 43.4 Å². The van der Waals surface area contributed by atoms with E-state index in [2.05, 4.69) is 31.0 Å². The smallest absolute Gasteiger partial charge is 0.408 e. The molecule has 0 aliphatic rings. The lowest BCUT2D eigenvalue weighted by molar-refractivity contribution is -0.143. The van der Waals surface area contributed by atoms with Crippen molar-refractivity contribution in [2.24, 2.45) is 0 Å². The number of nitrogens with zero attached hydrogens (tertiary/aromatic N) is 4. The van der Waals surface area contributed by atoms with Crippen molar-refractivity contribution in [1.82, 2.24) is 19.7 Å². The summed E-state index contributed by atoms with van der Waals surface area (Å²) >= 11 is 4.50. The molecule has 0 saturated heterocycles. The van der Waals surface area contributed by atoms with E-state index >= 15 is 4.39 Å². The molecule has 0 radical (unpaired) electrons. The molecule has 5 rings (SSSR count). The molecule has 8 nitrogen and oxygen atoms in total. The van der Waals surface area contributed by atoms with E-state index in [1.807, 2.05) is 0 Å². The highest BCUT2D eigenvalue weighted by molar-refractivity contribution is 9.10. The summed E-state index contributed by atoms with van der Waals surface area (Å²) < 4.78 is 102.